The van der Waals surface area contributed by atoms with Crippen molar-refractivity contribution < 1.29 is 0 Å². The van der Waals surface area contributed by atoms with Crippen LogP contribution in [0.25, 0.3) is 11.3 Å². The summed E-state index contributed by atoms with van der Waals surface area (Å²) in [6, 6.07) is 3.77. The van der Waals surface area contributed by atoms with Gasteiger partial charge in [-0.05, 0) is 24.4 Å². The third-order valence-electron chi connectivity index (χ3n) is 2.12. The number of nitrogens with zero attached hydrogens (tertiary/aromatic N) is 2. The lowest BCUT2D eigenvalue weighted by Gasteiger charge is -1.99. The summed E-state index contributed by atoms with van der Waals surface area (Å²) in [6.07, 6.45) is 3.44. The Hall–Kier alpha value is -1.62. The molecule has 5 heteroatoms. The van der Waals surface area contributed by atoms with Gasteiger partial charge in [-0.25, -0.2) is 0 Å². The van der Waals surface area contributed by atoms with Crippen molar-refractivity contribution >= 4 is 18.0 Å². The summed E-state index contributed by atoms with van der Waals surface area (Å²) in [7, 11) is 1.83. The van der Waals surface area contributed by atoms with Gasteiger partial charge in [0.1, 0.15) is 5.82 Å². The molecule has 0 saturated heterocycles. The van der Waals surface area contributed by atoms with Crippen molar-refractivity contribution in [2.75, 3.05) is 5.73 Å². The van der Waals surface area contributed by atoms with Crippen LogP contribution in [0.15, 0.2) is 24.5 Å². The maximum atomic E-state index is 5.88. The number of aromatic amines is 1. The zero-order valence-electron chi connectivity index (χ0n) is 7.69. The average Bonchev–Trinajstić information content (AvgIpc) is 2.47. The number of rotatable bonds is 1. The Bertz CT molecular complexity index is 497. The lowest BCUT2D eigenvalue weighted by Crippen LogP contribution is -1.96. The molecule has 4 nitrogen and oxygen atoms in total. The number of imidazole rings is 1. The number of hydrogen-bond donors (Lipinski definition) is 2. The Labute approximate surface area is 86.4 Å². The number of aromatic nitrogens is 3. The number of hydrogen-bond acceptors (Lipinski definition) is 3. The van der Waals surface area contributed by atoms with Gasteiger partial charge in [-0.3, -0.25) is 4.98 Å². The van der Waals surface area contributed by atoms with E-state index in [0.717, 1.165) is 11.3 Å². The minimum Gasteiger partial charge on any atom is -0.383 e. The topological polar surface area (TPSA) is 59.6 Å². The summed E-state index contributed by atoms with van der Waals surface area (Å²) in [5, 5.41) is 0. The Morgan fingerprint density at radius 1 is 1.43 bits per heavy atom. The summed E-state index contributed by atoms with van der Waals surface area (Å²) in [5.74, 6) is 0.640. The van der Waals surface area contributed by atoms with Crippen molar-refractivity contribution in [1.29, 1.82) is 0 Å². The maximum absolute atomic E-state index is 5.88. The maximum Gasteiger partial charge on any atom is 0.178 e. The van der Waals surface area contributed by atoms with Crippen molar-refractivity contribution in [1.82, 2.24) is 14.5 Å². The third kappa shape index (κ3) is 1.31. The fraction of sp³-hybridized carbons (Fsp3) is 0.111. The molecule has 14 heavy (non-hydrogen) atoms. The van der Waals surface area contributed by atoms with E-state index in [-0.39, 0.29) is 0 Å². The molecule has 0 atom stereocenters. The van der Waals surface area contributed by atoms with Gasteiger partial charge in [-0.15, -0.1) is 0 Å². The summed E-state index contributed by atoms with van der Waals surface area (Å²) in [5.41, 5.74) is 7.72. The molecule has 72 valence electrons. The van der Waals surface area contributed by atoms with Crippen LogP contribution in [-0.2, 0) is 7.05 Å². The normalized spacial score (nSPS) is 10.4. The van der Waals surface area contributed by atoms with E-state index in [1.54, 1.807) is 17.0 Å². The van der Waals surface area contributed by atoms with Gasteiger partial charge in [0.15, 0.2) is 4.77 Å². The first-order valence-electron chi connectivity index (χ1n) is 4.15. The molecule has 0 radical (unpaired) electrons. The molecule has 0 bridgehead atoms. The SMILES string of the molecule is Cn1c(N)c(-c2ccncc2)[nH]c1=S. The third-order valence-corrected chi connectivity index (χ3v) is 2.50. The fourth-order valence-electron chi connectivity index (χ4n) is 1.27. The van der Waals surface area contributed by atoms with Gasteiger partial charge < -0.3 is 15.3 Å². The summed E-state index contributed by atoms with van der Waals surface area (Å²) < 4.78 is 2.36. The van der Waals surface area contributed by atoms with Gasteiger partial charge >= 0.3 is 0 Å². The molecule has 0 aliphatic heterocycles. The van der Waals surface area contributed by atoms with Crippen molar-refractivity contribution in [3.8, 4) is 11.3 Å². The molecule has 0 aliphatic rings. The number of anilines is 1. The molecule has 0 saturated carbocycles. The second-order valence-corrected chi connectivity index (χ2v) is 3.37. The molecule has 2 aromatic rings. The fourth-order valence-corrected chi connectivity index (χ4v) is 1.47. The molecule has 0 unspecified atom stereocenters. The van der Waals surface area contributed by atoms with E-state index in [0.29, 0.717) is 10.6 Å². The van der Waals surface area contributed by atoms with Crippen LogP contribution in [0, 0.1) is 4.77 Å². The van der Waals surface area contributed by atoms with E-state index in [1.807, 2.05) is 19.2 Å². The minimum absolute atomic E-state index is 0.620. The minimum atomic E-state index is 0.620. The van der Waals surface area contributed by atoms with Gasteiger partial charge in [-0.1, -0.05) is 0 Å². The van der Waals surface area contributed by atoms with Crippen LogP contribution in [0.5, 0.6) is 0 Å². The average molecular weight is 206 g/mol. The number of nitrogens with two attached hydrogens (primary N) is 1. The predicted octanol–water partition coefficient (Wildman–Crippen LogP) is 1.73. The van der Waals surface area contributed by atoms with Crippen LogP contribution in [0.4, 0.5) is 5.82 Å². The smallest absolute Gasteiger partial charge is 0.178 e. The molecule has 2 aromatic heterocycles. The summed E-state index contributed by atoms with van der Waals surface area (Å²) >= 11 is 5.07. The van der Waals surface area contributed by atoms with E-state index in [9.17, 15) is 0 Å². The molecule has 0 fully saturated rings. The molecule has 2 rings (SSSR count). The van der Waals surface area contributed by atoms with E-state index < -0.39 is 0 Å². The number of nitrogens with one attached hydrogen (secondary N) is 1. The quantitative estimate of drug-likeness (QED) is 0.698. The van der Waals surface area contributed by atoms with Crippen LogP contribution in [0.3, 0.4) is 0 Å². The number of nitrogen functional groups attached to an aromatic ring is 1. The van der Waals surface area contributed by atoms with Gasteiger partial charge in [0, 0.05) is 25.0 Å². The van der Waals surface area contributed by atoms with Gasteiger partial charge in [0.25, 0.3) is 0 Å². The van der Waals surface area contributed by atoms with Crippen LogP contribution in [0.2, 0.25) is 0 Å². The lowest BCUT2D eigenvalue weighted by atomic mass is 10.2. The largest absolute Gasteiger partial charge is 0.383 e. The van der Waals surface area contributed by atoms with Crippen molar-refractivity contribution in [3.63, 3.8) is 0 Å². The second kappa shape index (κ2) is 3.26. The summed E-state index contributed by atoms with van der Waals surface area (Å²) in [6.45, 7) is 0. The van der Waals surface area contributed by atoms with Gasteiger partial charge in [0.05, 0.1) is 5.69 Å². The van der Waals surface area contributed by atoms with Crippen LogP contribution < -0.4 is 5.73 Å². The summed E-state index contributed by atoms with van der Waals surface area (Å²) in [4.78, 5) is 7.00. The highest BCUT2D eigenvalue weighted by Gasteiger charge is 2.07. The zero-order valence-corrected chi connectivity index (χ0v) is 8.51. The van der Waals surface area contributed by atoms with Gasteiger partial charge in [0.2, 0.25) is 0 Å². The van der Waals surface area contributed by atoms with E-state index in [4.69, 9.17) is 18.0 Å². The Kier molecular flexibility index (Phi) is 2.09. The van der Waals surface area contributed by atoms with Crippen molar-refractivity contribution in [2.24, 2.45) is 7.05 Å². The Morgan fingerprint density at radius 2 is 2.07 bits per heavy atom. The molecule has 2 heterocycles. The predicted molar refractivity (Wildman–Crippen MR) is 58.2 cm³/mol. The first-order chi connectivity index (χ1) is 6.70. The van der Waals surface area contributed by atoms with Gasteiger partial charge in [-0.2, -0.15) is 0 Å². The Balaban J connectivity index is 2.64. The van der Waals surface area contributed by atoms with Crippen LogP contribution >= 0.6 is 12.2 Å². The van der Waals surface area contributed by atoms with Crippen LogP contribution in [0.1, 0.15) is 0 Å². The number of H-pyrrole nitrogens is 1. The van der Waals surface area contributed by atoms with E-state index in [1.165, 1.54) is 0 Å². The molecule has 0 aliphatic carbocycles. The molecular formula is C9H10N4S. The highest BCUT2D eigenvalue weighted by molar-refractivity contribution is 7.71. The highest BCUT2D eigenvalue weighted by atomic mass is 32.1. The van der Waals surface area contributed by atoms with Crippen molar-refractivity contribution in [2.45, 2.75) is 0 Å². The number of pyridine rings is 1. The highest BCUT2D eigenvalue weighted by Crippen LogP contribution is 2.22. The monoisotopic (exact) mass is 206 g/mol. The van der Waals surface area contributed by atoms with E-state index in [2.05, 4.69) is 9.97 Å². The molecule has 0 spiro atoms. The van der Waals surface area contributed by atoms with Crippen LogP contribution in [-0.4, -0.2) is 14.5 Å². The standard InChI is InChI=1S/C9H10N4S/c1-13-8(10)7(12-9(13)14)6-2-4-11-5-3-6/h2-5H,10H2,1H3,(H,12,14). The van der Waals surface area contributed by atoms with E-state index >= 15 is 0 Å². The van der Waals surface area contributed by atoms with Crippen molar-refractivity contribution in [3.05, 3.63) is 29.3 Å². The molecule has 0 aromatic carbocycles. The first kappa shape index (κ1) is 8.96. The zero-order chi connectivity index (χ0) is 10.1. The molecule has 3 N–H and O–H groups in total. The Morgan fingerprint density at radius 3 is 2.57 bits per heavy atom. The molecular weight excluding hydrogens is 196 g/mol. The lowest BCUT2D eigenvalue weighted by molar-refractivity contribution is 0.906. The second-order valence-electron chi connectivity index (χ2n) is 2.99. The first-order valence-corrected chi connectivity index (χ1v) is 4.56. The molecule has 0 amide bonds.